The monoisotopic (exact) mass is 432 g/mol. The molecule has 3 aromatic carbocycles. The van der Waals surface area contributed by atoms with Crippen molar-refractivity contribution >= 4 is 46.1 Å². The van der Waals surface area contributed by atoms with E-state index in [1.165, 1.54) is 21.7 Å². The highest BCUT2D eigenvalue weighted by Gasteiger charge is 2.52. The molecule has 152 valence electrons. The predicted octanol–water partition coefficient (Wildman–Crippen LogP) is 5.54. The number of carbonyl (C=O) groups is 1. The van der Waals surface area contributed by atoms with Gasteiger partial charge in [-0.25, -0.2) is 4.79 Å². The predicted molar refractivity (Wildman–Crippen MR) is 127 cm³/mol. The smallest absolute Gasteiger partial charge is 0.337 e. The number of benzene rings is 3. The lowest BCUT2D eigenvalue weighted by atomic mass is 10.2. The topological polar surface area (TPSA) is 46.5 Å². The van der Waals surface area contributed by atoms with Crippen LogP contribution in [0.15, 0.2) is 84.2 Å². The van der Waals surface area contributed by atoms with Crippen molar-refractivity contribution in [3.8, 4) is 5.75 Å². The van der Waals surface area contributed by atoms with Crippen LogP contribution in [-0.4, -0.2) is 19.4 Å². The van der Waals surface area contributed by atoms with Gasteiger partial charge in [-0.3, -0.25) is 0 Å². The van der Waals surface area contributed by atoms with Gasteiger partial charge in [0.25, 0.3) is 0 Å². The summed E-state index contributed by atoms with van der Waals surface area (Å²) in [7, 11) is -2.70. The molecule has 1 heterocycles. The van der Waals surface area contributed by atoms with Crippen molar-refractivity contribution in [1.82, 2.24) is 0 Å². The van der Waals surface area contributed by atoms with E-state index in [0.29, 0.717) is 5.56 Å². The van der Waals surface area contributed by atoms with E-state index in [0.717, 1.165) is 15.8 Å². The van der Waals surface area contributed by atoms with Gasteiger partial charge >= 0.3 is 14.3 Å². The van der Waals surface area contributed by atoms with Crippen LogP contribution in [0.2, 0.25) is 5.04 Å². The molecule has 0 aliphatic carbocycles. The molecule has 1 aromatic heterocycles. The molecule has 0 atom stereocenters. The zero-order chi connectivity index (χ0) is 21.4. The van der Waals surface area contributed by atoms with Gasteiger partial charge in [0.05, 0.1) is 5.56 Å². The first-order valence-corrected chi connectivity index (χ1v) is 12.7. The molecular formula is C25H24O3SSi. The quantitative estimate of drug-likeness (QED) is 0.421. The van der Waals surface area contributed by atoms with Gasteiger partial charge in [0.1, 0.15) is 5.75 Å². The van der Waals surface area contributed by atoms with Crippen LogP contribution in [0.5, 0.6) is 5.75 Å². The largest absolute Gasteiger partial charge is 0.534 e. The Kier molecular flexibility index (Phi) is 5.26. The van der Waals surface area contributed by atoms with E-state index < -0.39 is 14.3 Å². The molecule has 0 radical (unpaired) electrons. The molecule has 0 aliphatic heterocycles. The Labute approximate surface area is 181 Å². The molecule has 0 amide bonds. The molecule has 30 heavy (non-hydrogen) atoms. The highest BCUT2D eigenvalue weighted by atomic mass is 32.1. The van der Waals surface area contributed by atoms with Crippen LogP contribution in [0.3, 0.4) is 0 Å². The van der Waals surface area contributed by atoms with Crippen LogP contribution in [0.4, 0.5) is 0 Å². The summed E-state index contributed by atoms with van der Waals surface area (Å²) in [6.45, 7) is 6.72. The fraction of sp³-hybridized carbons (Fsp3) is 0.160. The summed E-state index contributed by atoms with van der Waals surface area (Å²) in [5.41, 5.74) is 0.340. The molecule has 4 rings (SSSR count). The minimum atomic E-state index is -2.70. The number of aromatic carboxylic acids is 1. The molecule has 1 N–H and O–H groups in total. The Bertz CT molecular complexity index is 1140. The summed E-state index contributed by atoms with van der Waals surface area (Å²) in [6, 6.07) is 26.7. The Balaban J connectivity index is 1.91. The average molecular weight is 433 g/mol. The van der Waals surface area contributed by atoms with Gasteiger partial charge in [-0.1, -0.05) is 81.4 Å². The van der Waals surface area contributed by atoms with Crippen molar-refractivity contribution < 1.29 is 14.3 Å². The number of hydrogen-bond donors (Lipinski definition) is 1. The normalized spacial score (nSPS) is 12.1. The van der Waals surface area contributed by atoms with Gasteiger partial charge in [0.2, 0.25) is 0 Å². The number of rotatable bonds is 5. The lowest BCUT2D eigenvalue weighted by molar-refractivity contribution is 0.0699. The molecule has 0 saturated heterocycles. The third-order valence-corrected chi connectivity index (χ3v) is 11.4. The lowest BCUT2D eigenvalue weighted by Gasteiger charge is -2.43. The van der Waals surface area contributed by atoms with Gasteiger partial charge in [0.15, 0.2) is 0 Å². The molecule has 0 unspecified atom stereocenters. The maximum absolute atomic E-state index is 11.5. The molecule has 3 nitrogen and oxygen atoms in total. The third-order valence-electron chi connectivity index (χ3n) is 5.47. The van der Waals surface area contributed by atoms with E-state index in [1.807, 2.05) is 30.3 Å². The number of carboxylic acid groups (broad SMARTS) is 1. The Morgan fingerprint density at radius 2 is 1.47 bits per heavy atom. The van der Waals surface area contributed by atoms with Crippen molar-refractivity contribution in [1.29, 1.82) is 0 Å². The molecule has 0 saturated carbocycles. The second-order valence-electron chi connectivity index (χ2n) is 8.38. The summed E-state index contributed by atoms with van der Waals surface area (Å²) in [4.78, 5) is 11.5. The van der Waals surface area contributed by atoms with Gasteiger partial charge in [0, 0.05) is 15.5 Å². The standard InChI is InChI=1S/C25H24O3SSi/c1-25(2,3)30(19-10-6-4-7-11-19,20-12-8-5-9-13-20)28-18-14-15-21-22(24(26)27)17-29-23(21)16-18/h4-17H,1-3H3,(H,26,27). The minimum absolute atomic E-state index is 0.133. The second-order valence-corrected chi connectivity index (χ2v) is 13.5. The first kappa shape index (κ1) is 20.4. The van der Waals surface area contributed by atoms with E-state index in [4.69, 9.17) is 4.43 Å². The second kappa shape index (κ2) is 7.74. The van der Waals surface area contributed by atoms with Crippen LogP contribution in [0.1, 0.15) is 31.1 Å². The Morgan fingerprint density at radius 3 is 1.97 bits per heavy atom. The van der Waals surface area contributed by atoms with Crippen molar-refractivity contribution in [2.24, 2.45) is 0 Å². The number of hydrogen-bond acceptors (Lipinski definition) is 3. The number of thiophene rings is 1. The number of fused-ring (bicyclic) bond motifs is 1. The molecular weight excluding hydrogens is 408 g/mol. The maximum Gasteiger partial charge on any atom is 0.337 e. The molecule has 0 spiro atoms. The van der Waals surface area contributed by atoms with Crippen LogP contribution in [0.25, 0.3) is 10.1 Å². The lowest BCUT2D eigenvalue weighted by Crippen LogP contribution is -2.68. The van der Waals surface area contributed by atoms with Crippen molar-refractivity contribution in [2.75, 3.05) is 0 Å². The highest BCUT2D eigenvalue weighted by molar-refractivity contribution is 7.17. The Hall–Kier alpha value is -2.89. The number of carboxylic acids is 1. The third kappa shape index (κ3) is 3.44. The average Bonchev–Trinajstić information content (AvgIpc) is 3.16. The fourth-order valence-electron chi connectivity index (χ4n) is 4.06. The van der Waals surface area contributed by atoms with E-state index in [1.54, 1.807) is 5.38 Å². The first-order valence-electron chi connectivity index (χ1n) is 9.87. The van der Waals surface area contributed by atoms with Crippen molar-refractivity contribution in [3.63, 3.8) is 0 Å². The van der Waals surface area contributed by atoms with E-state index >= 15 is 0 Å². The zero-order valence-corrected chi connectivity index (χ0v) is 19.1. The van der Waals surface area contributed by atoms with Crippen LogP contribution >= 0.6 is 11.3 Å². The summed E-state index contributed by atoms with van der Waals surface area (Å²) in [6.07, 6.45) is 0. The fourth-order valence-corrected chi connectivity index (χ4v) is 9.44. The van der Waals surface area contributed by atoms with E-state index in [-0.39, 0.29) is 5.04 Å². The SMILES string of the molecule is CC(C)(C)[Si](Oc1ccc2c(C(=O)O)csc2c1)(c1ccccc1)c1ccccc1. The Morgan fingerprint density at radius 1 is 0.900 bits per heavy atom. The van der Waals surface area contributed by atoms with Gasteiger partial charge in [-0.15, -0.1) is 11.3 Å². The maximum atomic E-state index is 11.5. The van der Waals surface area contributed by atoms with Crippen molar-refractivity contribution in [3.05, 3.63) is 89.8 Å². The summed E-state index contributed by atoms with van der Waals surface area (Å²) >= 11 is 1.44. The van der Waals surface area contributed by atoms with Crippen LogP contribution in [-0.2, 0) is 0 Å². The van der Waals surface area contributed by atoms with Gasteiger partial charge in [-0.05, 0) is 33.6 Å². The summed E-state index contributed by atoms with van der Waals surface area (Å²) in [5, 5.41) is 14.1. The summed E-state index contributed by atoms with van der Waals surface area (Å²) in [5.74, 6) is -0.127. The summed E-state index contributed by atoms with van der Waals surface area (Å²) < 4.78 is 7.93. The molecule has 0 fully saturated rings. The molecule has 4 aromatic rings. The van der Waals surface area contributed by atoms with Crippen molar-refractivity contribution in [2.45, 2.75) is 25.8 Å². The molecule has 0 bridgehead atoms. The molecule has 5 heteroatoms. The molecule has 0 aliphatic rings. The van der Waals surface area contributed by atoms with Gasteiger partial charge in [-0.2, -0.15) is 0 Å². The first-order chi connectivity index (χ1) is 14.3. The van der Waals surface area contributed by atoms with Crippen LogP contribution < -0.4 is 14.8 Å². The van der Waals surface area contributed by atoms with E-state index in [2.05, 4.69) is 69.3 Å². The van der Waals surface area contributed by atoms with Gasteiger partial charge < -0.3 is 9.53 Å². The van der Waals surface area contributed by atoms with E-state index in [9.17, 15) is 9.90 Å². The van der Waals surface area contributed by atoms with Crippen LogP contribution in [0, 0.1) is 0 Å². The minimum Gasteiger partial charge on any atom is -0.534 e. The zero-order valence-electron chi connectivity index (χ0n) is 17.3. The highest BCUT2D eigenvalue weighted by Crippen LogP contribution is 2.39.